The molecule has 2 unspecified atom stereocenters. The molecular formula is C19H19F3N2. The Morgan fingerprint density at radius 1 is 1.04 bits per heavy atom. The maximum atomic E-state index is 13.0. The molecule has 2 heterocycles. The maximum absolute atomic E-state index is 13.0. The Bertz CT molecular complexity index is 759. The first-order chi connectivity index (χ1) is 11.3. The van der Waals surface area contributed by atoms with E-state index in [4.69, 9.17) is 0 Å². The quantitative estimate of drug-likeness (QED) is 0.835. The number of halogens is 3. The molecule has 0 radical (unpaired) electrons. The van der Waals surface area contributed by atoms with Crippen LogP contribution in [0.1, 0.15) is 30.3 Å². The standard InChI is InChI=1S/C19H19F3N2/c1-17-11-18(17,15-8-5-9-16(23-15)19(20,21)22)13-24(12-17)10-14-6-3-2-4-7-14/h2-9H,10-13H2,1H3. The van der Waals surface area contributed by atoms with Crippen molar-refractivity contribution in [2.45, 2.75) is 31.5 Å². The van der Waals surface area contributed by atoms with Crippen molar-refractivity contribution in [2.24, 2.45) is 5.41 Å². The lowest BCUT2D eigenvalue weighted by Crippen LogP contribution is -2.27. The summed E-state index contributed by atoms with van der Waals surface area (Å²) in [6, 6.07) is 14.5. The molecule has 0 amide bonds. The molecule has 2 aliphatic rings. The maximum Gasteiger partial charge on any atom is 0.433 e. The molecule has 2 fully saturated rings. The van der Waals surface area contributed by atoms with E-state index in [0.29, 0.717) is 5.69 Å². The zero-order valence-corrected chi connectivity index (χ0v) is 13.5. The van der Waals surface area contributed by atoms with Gasteiger partial charge in [0.25, 0.3) is 0 Å². The number of hydrogen-bond acceptors (Lipinski definition) is 2. The van der Waals surface area contributed by atoms with Gasteiger partial charge in [0, 0.05) is 30.7 Å². The van der Waals surface area contributed by atoms with Crippen molar-refractivity contribution in [1.29, 1.82) is 0 Å². The lowest BCUT2D eigenvalue weighted by molar-refractivity contribution is -0.141. The van der Waals surface area contributed by atoms with Crippen LogP contribution in [0, 0.1) is 5.41 Å². The van der Waals surface area contributed by atoms with Crippen LogP contribution in [0.4, 0.5) is 13.2 Å². The van der Waals surface area contributed by atoms with Gasteiger partial charge in [-0.25, -0.2) is 4.98 Å². The SMILES string of the molecule is CC12CN(Cc3ccccc3)CC1(c1cccc(C(F)(F)F)n1)C2. The van der Waals surface area contributed by atoms with Gasteiger partial charge >= 0.3 is 6.18 Å². The van der Waals surface area contributed by atoms with Gasteiger partial charge in [-0.1, -0.05) is 43.3 Å². The molecule has 0 N–H and O–H groups in total. The summed E-state index contributed by atoms with van der Waals surface area (Å²) in [7, 11) is 0. The van der Waals surface area contributed by atoms with Crippen molar-refractivity contribution in [1.82, 2.24) is 9.88 Å². The highest BCUT2D eigenvalue weighted by Crippen LogP contribution is 2.68. The molecule has 1 saturated heterocycles. The third-order valence-corrected chi connectivity index (χ3v) is 5.57. The van der Waals surface area contributed by atoms with Gasteiger partial charge in [-0.15, -0.1) is 0 Å². The summed E-state index contributed by atoms with van der Waals surface area (Å²) in [4.78, 5) is 6.31. The topological polar surface area (TPSA) is 16.1 Å². The zero-order valence-electron chi connectivity index (χ0n) is 13.5. The molecule has 1 aromatic heterocycles. The molecule has 126 valence electrons. The number of likely N-dealkylation sites (tertiary alicyclic amines) is 1. The third-order valence-electron chi connectivity index (χ3n) is 5.57. The van der Waals surface area contributed by atoms with Crippen LogP contribution in [-0.2, 0) is 18.1 Å². The molecule has 2 aromatic rings. The van der Waals surface area contributed by atoms with E-state index in [-0.39, 0.29) is 10.8 Å². The van der Waals surface area contributed by atoms with Crippen LogP contribution in [0.25, 0.3) is 0 Å². The van der Waals surface area contributed by atoms with Crippen molar-refractivity contribution in [3.63, 3.8) is 0 Å². The molecule has 5 heteroatoms. The first-order valence-corrected chi connectivity index (χ1v) is 8.14. The molecule has 2 atom stereocenters. The van der Waals surface area contributed by atoms with Gasteiger partial charge in [0.1, 0.15) is 5.69 Å². The van der Waals surface area contributed by atoms with E-state index in [2.05, 4.69) is 28.9 Å². The summed E-state index contributed by atoms with van der Waals surface area (Å²) in [6.07, 6.45) is -3.47. The van der Waals surface area contributed by atoms with Crippen LogP contribution < -0.4 is 0 Å². The van der Waals surface area contributed by atoms with Gasteiger partial charge in [0.05, 0.1) is 0 Å². The van der Waals surface area contributed by atoms with E-state index in [0.717, 1.165) is 32.1 Å². The third kappa shape index (κ3) is 2.42. The molecule has 1 aromatic carbocycles. The van der Waals surface area contributed by atoms with E-state index < -0.39 is 11.9 Å². The van der Waals surface area contributed by atoms with Gasteiger partial charge < -0.3 is 0 Å². The zero-order chi connectivity index (χ0) is 17.0. The fraction of sp³-hybridized carbons (Fsp3) is 0.421. The predicted octanol–water partition coefficient (Wildman–Crippen LogP) is 4.26. The number of rotatable bonds is 3. The summed E-state index contributed by atoms with van der Waals surface area (Å²) >= 11 is 0. The van der Waals surface area contributed by atoms with Crippen molar-refractivity contribution in [3.05, 3.63) is 65.5 Å². The minimum atomic E-state index is -4.39. The molecule has 0 spiro atoms. The smallest absolute Gasteiger partial charge is 0.298 e. The van der Waals surface area contributed by atoms with Crippen LogP contribution >= 0.6 is 0 Å². The van der Waals surface area contributed by atoms with Gasteiger partial charge in [-0.3, -0.25) is 4.90 Å². The minimum Gasteiger partial charge on any atom is -0.298 e. The van der Waals surface area contributed by atoms with Crippen LogP contribution in [0.3, 0.4) is 0 Å². The number of pyridine rings is 1. The Kier molecular flexibility index (Phi) is 3.29. The van der Waals surface area contributed by atoms with Gasteiger partial charge in [0.15, 0.2) is 0 Å². The second-order valence-electron chi connectivity index (χ2n) is 7.36. The molecule has 0 bridgehead atoms. The van der Waals surface area contributed by atoms with E-state index in [9.17, 15) is 13.2 Å². The highest BCUT2D eigenvalue weighted by molar-refractivity contribution is 5.38. The molecule has 4 rings (SSSR count). The highest BCUT2D eigenvalue weighted by Gasteiger charge is 2.70. The Hall–Kier alpha value is -1.88. The Morgan fingerprint density at radius 2 is 1.79 bits per heavy atom. The monoisotopic (exact) mass is 332 g/mol. The van der Waals surface area contributed by atoms with Gasteiger partial charge in [0.2, 0.25) is 0 Å². The minimum absolute atomic E-state index is 0.0268. The summed E-state index contributed by atoms with van der Waals surface area (Å²) < 4.78 is 38.9. The van der Waals surface area contributed by atoms with Gasteiger partial charge in [-0.2, -0.15) is 13.2 Å². The lowest BCUT2D eigenvalue weighted by atomic mass is 9.94. The molecule has 1 aliphatic carbocycles. The van der Waals surface area contributed by atoms with E-state index >= 15 is 0 Å². The summed E-state index contributed by atoms with van der Waals surface area (Å²) in [5.41, 5.74) is 0.831. The largest absolute Gasteiger partial charge is 0.433 e. The Labute approximate surface area is 139 Å². The predicted molar refractivity (Wildman–Crippen MR) is 85.4 cm³/mol. The fourth-order valence-corrected chi connectivity index (χ4v) is 4.30. The highest BCUT2D eigenvalue weighted by atomic mass is 19.4. The Balaban J connectivity index is 1.58. The molecule has 1 aliphatic heterocycles. The number of nitrogens with zero attached hydrogens (tertiary/aromatic N) is 2. The number of alkyl halides is 3. The van der Waals surface area contributed by atoms with Crippen LogP contribution in [0.15, 0.2) is 48.5 Å². The lowest BCUT2D eigenvalue weighted by Gasteiger charge is -2.21. The number of piperidine rings is 1. The summed E-state index contributed by atoms with van der Waals surface area (Å²) in [5, 5.41) is 0. The van der Waals surface area contributed by atoms with Crippen molar-refractivity contribution >= 4 is 0 Å². The molecule has 2 nitrogen and oxygen atoms in total. The van der Waals surface area contributed by atoms with E-state index in [1.165, 1.54) is 11.6 Å². The van der Waals surface area contributed by atoms with Crippen LogP contribution in [0.2, 0.25) is 0 Å². The average Bonchev–Trinajstić information content (AvgIpc) is 3.02. The average molecular weight is 332 g/mol. The number of aromatic nitrogens is 1. The molecule has 1 saturated carbocycles. The second kappa shape index (κ2) is 5.06. The van der Waals surface area contributed by atoms with Gasteiger partial charge in [-0.05, 0) is 29.5 Å². The number of benzene rings is 1. The molecular weight excluding hydrogens is 313 g/mol. The van der Waals surface area contributed by atoms with E-state index in [1.807, 2.05) is 18.2 Å². The first-order valence-electron chi connectivity index (χ1n) is 8.14. The summed E-state index contributed by atoms with van der Waals surface area (Å²) in [6.45, 7) is 4.67. The van der Waals surface area contributed by atoms with Crippen molar-refractivity contribution in [2.75, 3.05) is 13.1 Å². The number of hydrogen-bond donors (Lipinski definition) is 0. The number of fused-ring (bicyclic) bond motifs is 1. The van der Waals surface area contributed by atoms with Crippen LogP contribution in [-0.4, -0.2) is 23.0 Å². The second-order valence-corrected chi connectivity index (χ2v) is 7.36. The molecule has 24 heavy (non-hydrogen) atoms. The normalized spacial score (nSPS) is 29.5. The summed E-state index contributed by atoms with van der Waals surface area (Å²) in [5.74, 6) is 0. The fourth-order valence-electron chi connectivity index (χ4n) is 4.30. The Morgan fingerprint density at radius 3 is 2.50 bits per heavy atom. The first kappa shape index (κ1) is 15.6. The van der Waals surface area contributed by atoms with Crippen molar-refractivity contribution < 1.29 is 13.2 Å². The van der Waals surface area contributed by atoms with E-state index in [1.54, 1.807) is 6.07 Å². The van der Waals surface area contributed by atoms with Crippen LogP contribution in [0.5, 0.6) is 0 Å². The van der Waals surface area contributed by atoms with Crippen molar-refractivity contribution in [3.8, 4) is 0 Å².